The maximum absolute atomic E-state index is 12.5. The molecule has 6 heteroatoms. The summed E-state index contributed by atoms with van der Waals surface area (Å²) in [7, 11) is 0. The van der Waals surface area contributed by atoms with Gasteiger partial charge in [0.15, 0.2) is 0 Å². The smallest absolute Gasteiger partial charge is 0.269 e. The van der Waals surface area contributed by atoms with Crippen molar-refractivity contribution >= 4 is 17.5 Å². The minimum Gasteiger partial charge on any atom is -0.457 e. The van der Waals surface area contributed by atoms with Crippen LogP contribution in [0.2, 0.25) is 0 Å². The molecule has 2 N–H and O–H groups in total. The molecule has 29 heavy (non-hydrogen) atoms. The molecule has 0 spiro atoms. The van der Waals surface area contributed by atoms with Gasteiger partial charge in [-0.2, -0.15) is 0 Å². The van der Waals surface area contributed by atoms with E-state index in [9.17, 15) is 9.59 Å². The predicted octanol–water partition coefficient (Wildman–Crippen LogP) is 4.66. The molecule has 0 atom stereocenters. The number of para-hydroxylation sites is 1. The molecule has 0 saturated carbocycles. The number of amides is 2. The first-order chi connectivity index (χ1) is 14.2. The van der Waals surface area contributed by atoms with Gasteiger partial charge in [-0.3, -0.25) is 14.6 Å². The first kappa shape index (κ1) is 20.1. The van der Waals surface area contributed by atoms with Crippen molar-refractivity contribution in [3.05, 3.63) is 84.2 Å². The second-order valence-electron chi connectivity index (χ2n) is 6.43. The van der Waals surface area contributed by atoms with Crippen LogP contribution in [0, 0.1) is 0 Å². The fourth-order valence-electron chi connectivity index (χ4n) is 2.60. The second kappa shape index (κ2) is 10.0. The van der Waals surface area contributed by atoms with Gasteiger partial charge in [0.25, 0.3) is 11.8 Å². The standard InChI is InChI=1S/C23H23N3O3/c1-2-3-14-25-23(28)21-16-17(13-15-24-21)22(27)26-18-9-11-20(12-10-18)29-19-7-5-4-6-8-19/h4-13,15-16H,2-3,14H2,1H3,(H,25,28)(H,26,27). The van der Waals surface area contributed by atoms with E-state index in [1.54, 1.807) is 30.3 Å². The second-order valence-corrected chi connectivity index (χ2v) is 6.43. The van der Waals surface area contributed by atoms with Crippen LogP contribution in [0.4, 0.5) is 5.69 Å². The van der Waals surface area contributed by atoms with Gasteiger partial charge >= 0.3 is 0 Å². The number of carbonyl (C=O) groups is 2. The van der Waals surface area contributed by atoms with Crippen LogP contribution in [0.25, 0.3) is 0 Å². The maximum atomic E-state index is 12.5. The molecule has 0 aliphatic carbocycles. The topological polar surface area (TPSA) is 80.3 Å². The highest BCUT2D eigenvalue weighted by Crippen LogP contribution is 2.22. The molecule has 0 unspecified atom stereocenters. The number of anilines is 1. The van der Waals surface area contributed by atoms with Crippen molar-refractivity contribution in [3.63, 3.8) is 0 Å². The highest BCUT2D eigenvalue weighted by Gasteiger charge is 2.12. The molecule has 0 fully saturated rings. The Morgan fingerprint density at radius 3 is 2.38 bits per heavy atom. The summed E-state index contributed by atoms with van der Waals surface area (Å²) >= 11 is 0. The Morgan fingerprint density at radius 1 is 0.931 bits per heavy atom. The van der Waals surface area contributed by atoms with Gasteiger partial charge < -0.3 is 15.4 Å². The molecule has 1 aromatic heterocycles. The van der Waals surface area contributed by atoms with Crippen molar-refractivity contribution in [2.24, 2.45) is 0 Å². The van der Waals surface area contributed by atoms with Crippen LogP contribution in [-0.2, 0) is 0 Å². The number of hydrogen-bond donors (Lipinski definition) is 2. The highest BCUT2D eigenvalue weighted by atomic mass is 16.5. The van der Waals surface area contributed by atoms with Crippen molar-refractivity contribution in [1.82, 2.24) is 10.3 Å². The van der Waals surface area contributed by atoms with E-state index in [2.05, 4.69) is 22.5 Å². The van der Waals surface area contributed by atoms with E-state index in [0.29, 0.717) is 23.5 Å². The minimum absolute atomic E-state index is 0.223. The number of nitrogens with one attached hydrogen (secondary N) is 2. The van der Waals surface area contributed by atoms with E-state index >= 15 is 0 Å². The monoisotopic (exact) mass is 389 g/mol. The Morgan fingerprint density at radius 2 is 1.66 bits per heavy atom. The van der Waals surface area contributed by atoms with Gasteiger partial charge in [0.05, 0.1) is 0 Å². The molecular weight excluding hydrogens is 366 g/mol. The summed E-state index contributed by atoms with van der Waals surface area (Å²) in [5.41, 5.74) is 1.21. The lowest BCUT2D eigenvalue weighted by Crippen LogP contribution is -2.25. The summed E-state index contributed by atoms with van der Waals surface area (Å²) in [5.74, 6) is 0.817. The number of unbranched alkanes of at least 4 members (excludes halogenated alkanes) is 1. The molecule has 0 bridgehead atoms. The SMILES string of the molecule is CCCCNC(=O)c1cc(C(=O)Nc2ccc(Oc3ccccc3)cc2)ccn1. The minimum atomic E-state index is -0.313. The Kier molecular flexibility index (Phi) is 6.95. The van der Waals surface area contributed by atoms with Crippen molar-refractivity contribution in [2.45, 2.75) is 19.8 Å². The van der Waals surface area contributed by atoms with Crippen LogP contribution in [0.3, 0.4) is 0 Å². The molecular formula is C23H23N3O3. The third-order valence-corrected chi connectivity index (χ3v) is 4.16. The average Bonchev–Trinajstić information content (AvgIpc) is 2.76. The normalized spacial score (nSPS) is 10.2. The molecule has 148 valence electrons. The maximum Gasteiger partial charge on any atom is 0.269 e. The van der Waals surface area contributed by atoms with Crippen molar-refractivity contribution in [1.29, 1.82) is 0 Å². The first-order valence-electron chi connectivity index (χ1n) is 9.54. The molecule has 2 amide bonds. The number of benzene rings is 2. The molecule has 3 rings (SSSR count). The van der Waals surface area contributed by atoms with E-state index in [1.807, 2.05) is 30.3 Å². The third kappa shape index (κ3) is 5.90. The van der Waals surface area contributed by atoms with Crippen LogP contribution in [0.1, 0.15) is 40.6 Å². The van der Waals surface area contributed by atoms with Crippen LogP contribution < -0.4 is 15.4 Å². The number of hydrogen-bond acceptors (Lipinski definition) is 4. The lowest BCUT2D eigenvalue weighted by Gasteiger charge is -2.09. The summed E-state index contributed by atoms with van der Waals surface area (Å²) < 4.78 is 5.74. The van der Waals surface area contributed by atoms with E-state index < -0.39 is 0 Å². The van der Waals surface area contributed by atoms with Crippen LogP contribution >= 0.6 is 0 Å². The van der Waals surface area contributed by atoms with Crippen LogP contribution in [0.15, 0.2) is 72.9 Å². The van der Waals surface area contributed by atoms with Gasteiger partial charge in [-0.25, -0.2) is 0 Å². The average molecular weight is 389 g/mol. The zero-order chi connectivity index (χ0) is 20.5. The molecule has 2 aromatic carbocycles. The van der Waals surface area contributed by atoms with Gasteiger partial charge in [-0.1, -0.05) is 31.5 Å². The molecule has 0 aliphatic rings. The summed E-state index contributed by atoms with van der Waals surface area (Å²) in [5, 5.41) is 5.61. The number of carbonyl (C=O) groups excluding carboxylic acids is 2. The molecule has 0 saturated heterocycles. The van der Waals surface area contributed by atoms with Crippen molar-refractivity contribution in [3.8, 4) is 11.5 Å². The van der Waals surface area contributed by atoms with Gasteiger partial charge in [0.2, 0.25) is 0 Å². The molecule has 0 aliphatic heterocycles. The van der Waals surface area contributed by atoms with Gasteiger partial charge in [-0.05, 0) is 55.0 Å². The predicted molar refractivity (Wildman–Crippen MR) is 112 cm³/mol. The zero-order valence-corrected chi connectivity index (χ0v) is 16.2. The van der Waals surface area contributed by atoms with Gasteiger partial charge in [-0.15, -0.1) is 0 Å². The number of aromatic nitrogens is 1. The first-order valence-corrected chi connectivity index (χ1v) is 9.54. The van der Waals surface area contributed by atoms with Crippen molar-refractivity contribution < 1.29 is 14.3 Å². The van der Waals surface area contributed by atoms with Crippen LogP contribution in [0.5, 0.6) is 11.5 Å². The Balaban J connectivity index is 1.61. The highest BCUT2D eigenvalue weighted by molar-refractivity contribution is 6.05. The Hall–Kier alpha value is -3.67. The van der Waals surface area contributed by atoms with Crippen molar-refractivity contribution in [2.75, 3.05) is 11.9 Å². The Bertz CT molecular complexity index is 957. The zero-order valence-electron chi connectivity index (χ0n) is 16.2. The Labute approximate surface area is 169 Å². The number of ether oxygens (including phenoxy) is 1. The summed E-state index contributed by atoms with van der Waals surface area (Å²) in [6.07, 6.45) is 3.35. The lowest BCUT2D eigenvalue weighted by atomic mass is 10.2. The number of rotatable bonds is 8. The molecule has 1 heterocycles. The van der Waals surface area contributed by atoms with E-state index in [0.717, 1.165) is 18.6 Å². The number of nitrogens with zero attached hydrogens (tertiary/aromatic N) is 1. The van der Waals surface area contributed by atoms with Gasteiger partial charge in [0.1, 0.15) is 17.2 Å². The quantitative estimate of drug-likeness (QED) is 0.549. The lowest BCUT2D eigenvalue weighted by molar-refractivity contribution is 0.0948. The summed E-state index contributed by atoms with van der Waals surface area (Å²) in [6, 6.07) is 19.6. The van der Waals surface area contributed by atoms with Crippen LogP contribution in [-0.4, -0.2) is 23.3 Å². The van der Waals surface area contributed by atoms with Gasteiger partial charge in [0, 0.05) is 24.0 Å². The van der Waals surface area contributed by atoms with E-state index in [1.165, 1.54) is 12.3 Å². The molecule has 6 nitrogen and oxygen atoms in total. The third-order valence-electron chi connectivity index (χ3n) is 4.16. The van der Waals surface area contributed by atoms with E-state index in [-0.39, 0.29) is 17.5 Å². The largest absolute Gasteiger partial charge is 0.457 e. The molecule has 3 aromatic rings. The summed E-state index contributed by atoms with van der Waals surface area (Å²) in [4.78, 5) is 28.7. The fraction of sp³-hybridized carbons (Fsp3) is 0.174. The van der Waals surface area contributed by atoms with E-state index in [4.69, 9.17) is 4.74 Å². The summed E-state index contributed by atoms with van der Waals surface area (Å²) in [6.45, 7) is 2.64. The fourth-order valence-corrected chi connectivity index (χ4v) is 2.60. The molecule has 0 radical (unpaired) electrons. The number of pyridine rings is 1.